The number of hydrogen-bond donors (Lipinski definition) is 1. The minimum atomic E-state index is -3.68. The van der Waals surface area contributed by atoms with Crippen molar-refractivity contribution >= 4 is 21.6 Å². The summed E-state index contributed by atoms with van der Waals surface area (Å²) in [4.78, 5) is 14.2. The molecule has 2 aromatic rings. The zero-order chi connectivity index (χ0) is 21.0. The number of nitrogens with one attached hydrogen (secondary N) is 1. The molecule has 0 spiro atoms. The number of morpholine rings is 1. The highest BCUT2D eigenvalue weighted by Crippen LogP contribution is 2.28. The summed E-state index contributed by atoms with van der Waals surface area (Å²) in [6.45, 7) is 7.71. The van der Waals surface area contributed by atoms with Crippen LogP contribution in [0.3, 0.4) is 0 Å². The Bertz CT molecular complexity index is 958. The number of carbonyl (C=O) groups is 1. The fourth-order valence-electron chi connectivity index (χ4n) is 3.21. The van der Waals surface area contributed by atoms with Gasteiger partial charge < -0.3 is 14.4 Å². The third kappa shape index (κ3) is 5.27. The van der Waals surface area contributed by atoms with E-state index in [1.165, 1.54) is 0 Å². The van der Waals surface area contributed by atoms with Gasteiger partial charge in [-0.3, -0.25) is 9.52 Å². The second kappa shape index (κ2) is 8.84. The molecule has 0 radical (unpaired) electrons. The third-order valence-corrected chi connectivity index (χ3v) is 6.14. The van der Waals surface area contributed by atoms with Gasteiger partial charge in [0.05, 0.1) is 18.1 Å². The molecule has 0 bridgehead atoms. The fraction of sp³-hybridized carbons (Fsp3) is 0.381. The molecule has 1 aliphatic heterocycles. The Kier molecular flexibility index (Phi) is 6.44. The van der Waals surface area contributed by atoms with Gasteiger partial charge in [0.2, 0.25) is 0 Å². The summed E-state index contributed by atoms with van der Waals surface area (Å²) < 4.78 is 38.8. The molecule has 3 rings (SSSR count). The number of carbonyl (C=O) groups excluding carboxylic acids is 1. The van der Waals surface area contributed by atoms with Gasteiger partial charge in [-0.2, -0.15) is 0 Å². The van der Waals surface area contributed by atoms with Crippen molar-refractivity contribution in [3.05, 3.63) is 53.1 Å². The lowest BCUT2D eigenvalue weighted by Crippen LogP contribution is -2.43. The number of aryl methyl sites for hydroxylation is 3. The number of rotatable bonds is 6. The first kappa shape index (κ1) is 21.1. The summed E-state index contributed by atoms with van der Waals surface area (Å²) in [5.41, 5.74) is 2.94. The van der Waals surface area contributed by atoms with Crippen LogP contribution >= 0.6 is 0 Å². The Morgan fingerprint density at radius 3 is 2.24 bits per heavy atom. The largest absolute Gasteiger partial charge is 0.483 e. The van der Waals surface area contributed by atoms with Crippen LogP contribution < -0.4 is 9.46 Å². The lowest BCUT2D eigenvalue weighted by molar-refractivity contribution is -0.137. The standard InChI is InChI=1S/C21H26N2O5S/c1-15-4-6-19(7-5-15)29(25,26)22-18-12-16(2)21(17(3)13-18)28-14-20(24)23-8-10-27-11-9-23/h4-7,12-13,22H,8-11,14H2,1-3H3. The molecular formula is C21H26N2O5S. The van der Waals surface area contributed by atoms with Gasteiger partial charge >= 0.3 is 0 Å². The van der Waals surface area contributed by atoms with E-state index in [4.69, 9.17) is 9.47 Å². The predicted octanol–water partition coefficient (Wildman–Crippen LogP) is 2.65. The maximum Gasteiger partial charge on any atom is 0.261 e. The lowest BCUT2D eigenvalue weighted by atomic mass is 10.1. The van der Waals surface area contributed by atoms with E-state index in [1.54, 1.807) is 41.3 Å². The van der Waals surface area contributed by atoms with Crippen molar-refractivity contribution in [1.82, 2.24) is 4.90 Å². The highest BCUT2D eigenvalue weighted by molar-refractivity contribution is 7.92. The predicted molar refractivity (Wildman–Crippen MR) is 111 cm³/mol. The maximum atomic E-state index is 12.6. The van der Waals surface area contributed by atoms with Crippen LogP contribution in [0.25, 0.3) is 0 Å². The van der Waals surface area contributed by atoms with Crippen LogP contribution in [0.4, 0.5) is 5.69 Å². The molecule has 0 aliphatic carbocycles. The van der Waals surface area contributed by atoms with Gasteiger partial charge in [0.15, 0.2) is 6.61 Å². The molecule has 1 fully saturated rings. The molecule has 0 aromatic heterocycles. The zero-order valence-corrected chi connectivity index (χ0v) is 17.7. The number of hydrogen-bond acceptors (Lipinski definition) is 5. The first-order valence-corrected chi connectivity index (χ1v) is 10.9. The molecule has 8 heteroatoms. The molecular weight excluding hydrogens is 392 g/mol. The Balaban J connectivity index is 1.70. The molecule has 1 N–H and O–H groups in total. The van der Waals surface area contributed by atoms with E-state index in [1.807, 2.05) is 20.8 Å². The van der Waals surface area contributed by atoms with Crippen molar-refractivity contribution in [1.29, 1.82) is 0 Å². The summed E-state index contributed by atoms with van der Waals surface area (Å²) in [6.07, 6.45) is 0. The topological polar surface area (TPSA) is 84.9 Å². The average molecular weight is 419 g/mol. The van der Waals surface area contributed by atoms with E-state index >= 15 is 0 Å². The normalized spacial score (nSPS) is 14.5. The van der Waals surface area contributed by atoms with Crippen molar-refractivity contribution in [2.45, 2.75) is 25.7 Å². The van der Waals surface area contributed by atoms with Gasteiger partial charge in [0.1, 0.15) is 5.75 Å². The molecule has 1 saturated heterocycles. The number of anilines is 1. The molecule has 1 aliphatic rings. The van der Waals surface area contributed by atoms with Crippen LogP contribution in [0.1, 0.15) is 16.7 Å². The van der Waals surface area contributed by atoms with E-state index < -0.39 is 10.0 Å². The molecule has 29 heavy (non-hydrogen) atoms. The Morgan fingerprint density at radius 2 is 1.66 bits per heavy atom. The van der Waals surface area contributed by atoms with Crippen molar-refractivity contribution in [3.63, 3.8) is 0 Å². The Labute approximate surface area is 171 Å². The first-order valence-electron chi connectivity index (χ1n) is 9.45. The van der Waals surface area contributed by atoms with Gasteiger partial charge in [-0.1, -0.05) is 17.7 Å². The molecule has 0 atom stereocenters. The van der Waals surface area contributed by atoms with Gasteiger partial charge in [0.25, 0.3) is 15.9 Å². The summed E-state index contributed by atoms with van der Waals surface area (Å²) in [5.74, 6) is 0.501. The minimum Gasteiger partial charge on any atom is -0.483 e. The quantitative estimate of drug-likeness (QED) is 0.780. The molecule has 1 amide bonds. The first-order chi connectivity index (χ1) is 13.8. The van der Waals surface area contributed by atoms with Crippen molar-refractivity contribution in [2.75, 3.05) is 37.6 Å². The van der Waals surface area contributed by atoms with Crippen LogP contribution in [0, 0.1) is 20.8 Å². The summed E-state index contributed by atoms with van der Waals surface area (Å²) in [7, 11) is -3.68. The van der Waals surface area contributed by atoms with E-state index in [2.05, 4.69) is 4.72 Å². The minimum absolute atomic E-state index is 0.0594. The number of nitrogens with zero attached hydrogens (tertiary/aromatic N) is 1. The SMILES string of the molecule is Cc1ccc(S(=O)(=O)Nc2cc(C)c(OCC(=O)N3CCOCC3)c(C)c2)cc1. The molecule has 0 unspecified atom stereocenters. The van der Waals surface area contributed by atoms with Gasteiger partial charge in [0, 0.05) is 18.8 Å². The highest BCUT2D eigenvalue weighted by Gasteiger charge is 2.19. The Morgan fingerprint density at radius 1 is 1.07 bits per heavy atom. The summed E-state index contributed by atoms with van der Waals surface area (Å²) >= 11 is 0. The van der Waals surface area contributed by atoms with Gasteiger partial charge in [-0.15, -0.1) is 0 Å². The maximum absolute atomic E-state index is 12.6. The molecule has 7 nitrogen and oxygen atoms in total. The van der Waals surface area contributed by atoms with Crippen molar-refractivity contribution in [2.24, 2.45) is 0 Å². The third-order valence-electron chi connectivity index (χ3n) is 4.75. The van der Waals surface area contributed by atoms with Crippen LogP contribution in [-0.2, 0) is 19.6 Å². The number of sulfonamides is 1. The van der Waals surface area contributed by atoms with Crippen LogP contribution in [-0.4, -0.2) is 52.1 Å². The van der Waals surface area contributed by atoms with E-state index in [0.717, 1.165) is 16.7 Å². The second-order valence-electron chi connectivity index (χ2n) is 7.14. The van der Waals surface area contributed by atoms with Crippen LogP contribution in [0.15, 0.2) is 41.3 Å². The van der Waals surface area contributed by atoms with Gasteiger partial charge in [-0.25, -0.2) is 8.42 Å². The molecule has 1 heterocycles. The lowest BCUT2D eigenvalue weighted by Gasteiger charge is -2.27. The van der Waals surface area contributed by atoms with Crippen LogP contribution in [0.2, 0.25) is 0 Å². The smallest absolute Gasteiger partial charge is 0.261 e. The summed E-state index contributed by atoms with van der Waals surface area (Å²) in [5, 5.41) is 0. The fourth-order valence-corrected chi connectivity index (χ4v) is 4.25. The zero-order valence-electron chi connectivity index (χ0n) is 16.9. The number of ether oxygens (including phenoxy) is 2. The average Bonchev–Trinajstić information content (AvgIpc) is 2.68. The molecule has 2 aromatic carbocycles. The van der Waals surface area contributed by atoms with Crippen LogP contribution in [0.5, 0.6) is 5.75 Å². The Hall–Kier alpha value is -2.58. The monoisotopic (exact) mass is 418 g/mol. The van der Waals surface area contributed by atoms with Crippen molar-refractivity contribution < 1.29 is 22.7 Å². The highest BCUT2D eigenvalue weighted by atomic mass is 32.2. The van der Waals surface area contributed by atoms with E-state index in [9.17, 15) is 13.2 Å². The van der Waals surface area contributed by atoms with E-state index in [0.29, 0.717) is 37.7 Å². The summed E-state index contributed by atoms with van der Waals surface area (Å²) in [6, 6.07) is 10.1. The van der Waals surface area contributed by atoms with Crippen molar-refractivity contribution in [3.8, 4) is 5.75 Å². The number of amides is 1. The number of benzene rings is 2. The van der Waals surface area contributed by atoms with Gasteiger partial charge in [-0.05, 0) is 56.2 Å². The second-order valence-corrected chi connectivity index (χ2v) is 8.82. The molecule has 0 saturated carbocycles. The molecule has 156 valence electrons. The van der Waals surface area contributed by atoms with E-state index in [-0.39, 0.29) is 17.4 Å².